The van der Waals surface area contributed by atoms with Crippen molar-refractivity contribution in [3.05, 3.63) is 23.8 Å². The van der Waals surface area contributed by atoms with Crippen molar-refractivity contribution >= 4 is 17.4 Å². The molecule has 1 aromatic rings. The van der Waals surface area contributed by atoms with Crippen molar-refractivity contribution in [2.24, 2.45) is 0 Å². The van der Waals surface area contributed by atoms with Crippen molar-refractivity contribution in [3.8, 4) is 11.5 Å². The Balaban J connectivity index is 3.10. The van der Waals surface area contributed by atoms with Crippen LogP contribution in [0.15, 0.2) is 18.2 Å². The van der Waals surface area contributed by atoms with Gasteiger partial charge in [0.2, 0.25) is 0 Å². The topological polar surface area (TPSA) is 35.5 Å². The fourth-order valence-corrected chi connectivity index (χ4v) is 1.39. The number of benzene rings is 1. The van der Waals surface area contributed by atoms with E-state index in [1.54, 1.807) is 0 Å². The lowest BCUT2D eigenvalue weighted by atomic mass is 10.1. The van der Waals surface area contributed by atoms with Gasteiger partial charge in [0.1, 0.15) is 11.5 Å². The smallest absolute Gasteiger partial charge is 0.387 e. The van der Waals surface area contributed by atoms with Crippen molar-refractivity contribution in [2.45, 2.75) is 18.9 Å². The second-order valence-electron chi connectivity index (χ2n) is 3.22. The Kier molecular flexibility index (Phi) is 4.69. The molecule has 6 heteroatoms. The van der Waals surface area contributed by atoms with Gasteiger partial charge in [-0.3, -0.25) is 4.79 Å². The Labute approximate surface area is 102 Å². The summed E-state index contributed by atoms with van der Waals surface area (Å²) in [6, 6.07) is 3.86. The van der Waals surface area contributed by atoms with E-state index in [4.69, 9.17) is 16.3 Å². The van der Waals surface area contributed by atoms with Gasteiger partial charge in [0, 0.05) is 0 Å². The van der Waals surface area contributed by atoms with Crippen LogP contribution in [0.5, 0.6) is 11.5 Å². The first kappa shape index (κ1) is 13.7. The molecule has 0 amide bonds. The summed E-state index contributed by atoms with van der Waals surface area (Å²) in [5.41, 5.74) is 0.119. The Morgan fingerprint density at radius 2 is 2.06 bits per heavy atom. The van der Waals surface area contributed by atoms with Gasteiger partial charge in [0.05, 0.1) is 18.1 Å². The van der Waals surface area contributed by atoms with Crippen LogP contribution in [-0.4, -0.2) is 24.9 Å². The van der Waals surface area contributed by atoms with E-state index in [-0.39, 0.29) is 17.1 Å². The molecule has 3 nitrogen and oxygen atoms in total. The predicted octanol–water partition coefficient (Wildman–Crippen LogP) is 3.11. The maximum absolute atomic E-state index is 12.0. The molecule has 0 radical (unpaired) electrons. The second-order valence-corrected chi connectivity index (χ2v) is 3.88. The monoisotopic (exact) mass is 264 g/mol. The maximum atomic E-state index is 12.0. The Bertz CT molecular complexity index is 408. The van der Waals surface area contributed by atoms with Gasteiger partial charge in [0.15, 0.2) is 5.78 Å². The highest BCUT2D eigenvalue weighted by Gasteiger charge is 2.18. The van der Waals surface area contributed by atoms with Crippen molar-refractivity contribution in [1.29, 1.82) is 0 Å². The third-order valence-corrected chi connectivity index (χ3v) is 2.22. The van der Waals surface area contributed by atoms with E-state index < -0.39 is 17.8 Å². The maximum Gasteiger partial charge on any atom is 0.387 e. The van der Waals surface area contributed by atoms with Crippen LogP contribution in [-0.2, 0) is 0 Å². The number of rotatable bonds is 5. The summed E-state index contributed by atoms with van der Waals surface area (Å²) in [6.07, 6.45) is 0. The van der Waals surface area contributed by atoms with E-state index >= 15 is 0 Å². The van der Waals surface area contributed by atoms with Crippen LogP contribution >= 0.6 is 11.6 Å². The number of halogens is 3. The largest absolute Gasteiger partial charge is 0.496 e. The molecule has 0 saturated carbocycles. The van der Waals surface area contributed by atoms with E-state index in [0.29, 0.717) is 0 Å². The molecule has 17 heavy (non-hydrogen) atoms. The summed E-state index contributed by atoms with van der Waals surface area (Å²) >= 11 is 5.66. The Hall–Kier alpha value is -1.36. The Morgan fingerprint density at radius 1 is 1.41 bits per heavy atom. The third kappa shape index (κ3) is 3.56. The van der Waals surface area contributed by atoms with E-state index in [9.17, 15) is 13.6 Å². The highest BCUT2D eigenvalue weighted by molar-refractivity contribution is 6.34. The lowest BCUT2D eigenvalue weighted by molar-refractivity contribution is -0.0499. The minimum Gasteiger partial charge on any atom is -0.496 e. The first-order valence-corrected chi connectivity index (χ1v) is 5.20. The minimum atomic E-state index is -2.94. The molecule has 0 aliphatic rings. The summed E-state index contributed by atoms with van der Waals surface area (Å²) in [4.78, 5) is 11.7. The molecule has 0 aliphatic carbocycles. The summed E-state index contributed by atoms with van der Waals surface area (Å²) in [6.45, 7) is -1.45. The van der Waals surface area contributed by atoms with Crippen LogP contribution in [0, 0.1) is 0 Å². The minimum absolute atomic E-state index is 0.110. The van der Waals surface area contributed by atoms with Gasteiger partial charge >= 0.3 is 6.61 Å². The molecule has 1 rings (SSSR count). The van der Waals surface area contributed by atoms with Crippen LogP contribution in [0.2, 0.25) is 0 Å². The standard InChI is InChI=1S/C11H11ClF2O3/c1-6(12)10(15)8-5-7(17-11(13)14)3-4-9(8)16-2/h3-6,11H,1-2H3. The van der Waals surface area contributed by atoms with Crippen LogP contribution in [0.3, 0.4) is 0 Å². The molecule has 1 unspecified atom stereocenters. The number of hydrogen-bond donors (Lipinski definition) is 0. The van der Waals surface area contributed by atoms with Gasteiger partial charge in [-0.15, -0.1) is 11.6 Å². The van der Waals surface area contributed by atoms with E-state index in [1.807, 2.05) is 0 Å². The predicted molar refractivity (Wildman–Crippen MR) is 59.3 cm³/mol. The number of carbonyl (C=O) groups is 1. The molecule has 0 bridgehead atoms. The Morgan fingerprint density at radius 3 is 2.53 bits per heavy atom. The zero-order valence-electron chi connectivity index (χ0n) is 9.25. The van der Waals surface area contributed by atoms with Gasteiger partial charge in [-0.25, -0.2) is 0 Å². The molecule has 1 aromatic carbocycles. The number of carbonyl (C=O) groups excluding carboxylic acids is 1. The van der Waals surface area contributed by atoms with Gasteiger partial charge in [-0.05, 0) is 25.1 Å². The molecule has 0 fully saturated rings. The molecule has 1 atom stereocenters. The third-order valence-electron chi connectivity index (χ3n) is 2.02. The molecule has 0 saturated heterocycles. The number of ether oxygens (including phenoxy) is 2. The van der Waals surface area contributed by atoms with Gasteiger partial charge in [0.25, 0.3) is 0 Å². The summed E-state index contributed by atoms with van der Waals surface area (Å²) in [7, 11) is 1.37. The first-order chi connectivity index (χ1) is 7.95. The van der Waals surface area contributed by atoms with Crippen LogP contribution in [0.4, 0.5) is 8.78 Å². The SMILES string of the molecule is COc1ccc(OC(F)F)cc1C(=O)C(C)Cl. The number of hydrogen-bond acceptors (Lipinski definition) is 3. The van der Waals surface area contributed by atoms with Gasteiger partial charge in [-0.2, -0.15) is 8.78 Å². The van der Waals surface area contributed by atoms with Crippen LogP contribution in [0.1, 0.15) is 17.3 Å². The second kappa shape index (κ2) is 5.82. The lowest BCUT2D eigenvalue weighted by Gasteiger charge is -2.11. The zero-order chi connectivity index (χ0) is 13.0. The van der Waals surface area contributed by atoms with Crippen LogP contribution in [0.25, 0.3) is 0 Å². The normalized spacial score (nSPS) is 12.4. The van der Waals surface area contributed by atoms with Gasteiger partial charge in [-0.1, -0.05) is 0 Å². The molecule has 0 spiro atoms. The molecule has 0 aliphatic heterocycles. The molecule has 0 N–H and O–H groups in total. The fraction of sp³-hybridized carbons (Fsp3) is 0.364. The molecule has 0 aromatic heterocycles. The van der Waals surface area contributed by atoms with Crippen molar-refractivity contribution in [2.75, 3.05) is 7.11 Å². The average Bonchev–Trinajstić information content (AvgIpc) is 2.27. The quantitative estimate of drug-likeness (QED) is 0.605. The highest BCUT2D eigenvalue weighted by atomic mass is 35.5. The van der Waals surface area contributed by atoms with E-state index in [0.717, 1.165) is 0 Å². The number of Topliss-reactive ketones (excluding diaryl/α,β-unsaturated/α-hetero) is 1. The van der Waals surface area contributed by atoms with E-state index in [2.05, 4.69) is 4.74 Å². The number of alkyl halides is 3. The molecular formula is C11H11ClF2O3. The number of methoxy groups -OCH3 is 1. The van der Waals surface area contributed by atoms with Crippen molar-refractivity contribution in [3.63, 3.8) is 0 Å². The molecule has 94 valence electrons. The lowest BCUT2D eigenvalue weighted by Crippen LogP contribution is -2.12. The van der Waals surface area contributed by atoms with Crippen molar-refractivity contribution < 1.29 is 23.0 Å². The summed E-state index contributed by atoms with van der Waals surface area (Å²) < 4.78 is 33.2. The number of ketones is 1. The molecule has 0 heterocycles. The van der Waals surface area contributed by atoms with E-state index in [1.165, 1.54) is 32.2 Å². The van der Waals surface area contributed by atoms with Crippen molar-refractivity contribution in [1.82, 2.24) is 0 Å². The zero-order valence-corrected chi connectivity index (χ0v) is 10.0. The summed E-state index contributed by atoms with van der Waals surface area (Å²) in [5, 5.41) is -0.773. The fourth-order valence-electron chi connectivity index (χ4n) is 1.27. The average molecular weight is 265 g/mol. The van der Waals surface area contributed by atoms with Gasteiger partial charge < -0.3 is 9.47 Å². The highest BCUT2D eigenvalue weighted by Crippen LogP contribution is 2.27. The molecular weight excluding hydrogens is 254 g/mol. The first-order valence-electron chi connectivity index (χ1n) is 4.77. The summed E-state index contributed by atoms with van der Waals surface area (Å²) in [5.74, 6) is -0.256. The van der Waals surface area contributed by atoms with Crippen LogP contribution < -0.4 is 9.47 Å².